The predicted octanol–water partition coefficient (Wildman–Crippen LogP) is 3.43. The lowest BCUT2D eigenvalue weighted by molar-refractivity contribution is -0.142. The summed E-state index contributed by atoms with van der Waals surface area (Å²) in [6.07, 6.45) is 2.90. The van der Waals surface area contributed by atoms with Crippen LogP contribution in [-0.4, -0.2) is 18.0 Å². The molecule has 2 rings (SSSR count). The fourth-order valence-electron chi connectivity index (χ4n) is 2.75. The van der Waals surface area contributed by atoms with Gasteiger partial charge < -0.3 is 4.74 Å². The van der Waals surface area contributed by atoms with Crippen molar-refractivity contribution in [3.63, 3.8) is 0 Å². The van der Waals surface area contributed by atoms with Gasteiger partial charge in [-0.3, -0.25) is 4.79 Å². The Balaban J connectivity index is 2.20. The molecule has 0 spiro atoms. The maximum absolute atomic E-state index is 13.6. The molecule has 104 valence electrons. The van der Waals surface area contributed by atoms with Crippen LogP contribution in [0.4, 0.5) is 8.78 Å². The van der Waals surface area contributed by atoms with Crippen molar-refractivity contribution >= 4 is 5.78 Å². The van der Waals surface area contributed by atoms with Gasteiger partial charge in [-0.2, -0.15) is 0 Å². The molecule has 1 fully saturated rings. The minimum Gasteiger partial charge on any atom is -0.367 e. The lowest BCUT2D eigenvalue weighted by Crippen LogP contribution is -2.40. The molecule has 0 saturated heterocycles. The molecule has 0 amide bonds. The molecule has 0 aliphatic heterocycles. The van der Waals surface area contributed by atoms with E-state index < -0.39 is 17.2 Å². The van der Waals surface area contributed by atoms with Gasteiger partial charge in [0.1, 0.15) is 17.2 Å². The molecule has 1 aromatic rings. The van der Waals surface area contributed by atoms with Crippen molar-refractivity contribution in [2.45, 2.75) is 44.6 Å². The van der Waals surface area contributed by atoms with Crippen LogP contribution in [0, 0.1) is 11.6 Å². The standard InChI is InChI=1S/C15H18F2O2/c1-2-19-15(8-3-4-9-15)14(18)10-11-12(16)6-5-7-13(11)17/h5-7H,2-4,8-10H2,1H3. The summed E-state index contributed by atoms with van der Waals surface area (Å²) in [6.45, 7) is 2.27. The molecule has 0 bridgehead atoms. The third-order valence-corrected chi connectivity index (χ3v) is 3.74. The first-order valence-corrected chi connectivity index (χ1v) is 6.69. The summed E-state index contributed by atoms with van der Waals surface area (Å²) >= 11 is 0. The second kappa shape index (κ2) is 5.78. The Morgan fingerprint density at radius 2 is 1.84 bits per heavy atom. The normalized spacial score (nSPS) is 17.6. The van der Waals surface area contributed by atoms with Crippen LogP contribution in [0.1, 0.15) is 38.2 Å². The third-order valence-electron chi connectivity index (χ3n) is 3.74. The minimum atomic E-state index is -0.830. The van der Waals surface area contributed by atoms with Crippen molar-refractivity contribution in [2.75, 3.05) is 6.61 Å². The van der Waals surface area contributed by atoms with Crippen molar-refractivity contribution in [3.05, 3.63) is 35.4 Å². The van der Waals surface area contributed by atoms with E-state index in [4.69, 9.17) is 4.74 Å². The van der Waals surface area contributed by atoms with Crippen LogP contribution in [0.3, 0.4) is 0 Å². The van der Waals surface area contributed by atoms with Gasteiger partial charge in [0, 0.05) is 18.6 Å². The maximum Gasteiger partial charge on any atom is 0.169 e. The molecule has 0 aromatic heterocycles. The fraction of sp³-hybridized carbons (Fsp3) is 0.533. The Morgan fingerprint density at radius 1 is 1.26 bits per heavy atom. The van der Waals surface area contributed by atoms with E-state index >= 15 is 0 Å². The highest BCUT2D eigenvalue weighted by Gasteiger charge is 2.41. The van der Waals surface area contributed by atoms with E-state index in [0.29, 0.717) is 19.4 Å². The van der Waals surface area contributed by atoms with Gasteiger partial charge in [0.2, 0.25) is 0 Å². The van der Waals surface area contributed by atoms with Gasteiger partial charge in [-0.25, -0.2) is 8.78 Å². The van der Waals surface area contributed by atoms with Gasteiger partial charge in [-0.05, 0) is 44.7 Å². The molecule has 1 aromatic carbocycles. The molecular weight excluding hydrogens is 250 g/mol. The zero-order valence-electron chi connectivity index (χ0n) is 11.0. The van der Waals surface area contributed by atoms with E-state index in [1.165, 1.54) is 18.2 Å². The minimum absolute atomic E-state index is 0.154. The van der Waals surface area contributed by atoms with E-state index in [9.17, 15) is 13.6 Å². The molecule has 0 atom stereocenters. The lowest BCUT2D eigenvalue weighted by atomic mass is 9.91. The molecule has 4 heteroatoms. The van der Waals surface area contributed by atoms with Gasteiger partial charge in [0.15, 0.2) is 5.78 Å². The van der Waals surface area contributed by atoms with Crippen LogP contribution in [0.25, 0.3) is 0 Å². The van der Waals surface area contributed by atoms with Gasteiger partial charge in [0.25, 0.3) is 0 Å². The van der Waals surface area contributed by atoms with Gasteiger partial charge in [-0.15, -0.1) is 0 Å². The Labute approximate surface area is 111 Å². The van der Waals surface area contributed by atoms with Crippen molar-refractivity contribution in [1.82, 2.24) is 0 Å². The fourth-order valence-corrected chi connectivity index (χ4v) is 2.75. The van der Waals surface area contributed by atoms with Gasteiger partial charge >= 0.3 is 0 Å². The maximum atomic E-state index is 13.6. The molecule has 0 radical (unpaired) electrons. The number of ketones is 1. The average Bonchev–Trinajstić information content (AvgIpc) is 2.84. The van der Waals surface area contributed by atoms with Crippen LogP contribution >= 0.6 is 0 Å². The molecule has 0 heterocycles. The van der Waals surface area contributed by atoms with Crippen LogP contribution < -0.4 is 0 Å². The summed E-state index contributed by atoms with van der Waals surface area (Å²) < 4.78 is 32.8. The van der Waals surface area contributed by atoms with Gasteiger partial charge in [-0.1, -0.05) is 6.07 Å². The molecule has 0 unspecified atom stereocenters. The van der Waals surface area contributed by atoms with Gasteiger partial charge in [0.05, 0.1) is 0 Å². The van der Waals surface area contributed by atoms with Crippen LogP contribution in [-0.2, 0) is 16.0 Å². The van der Waals surface area contributed by atoms with Crippen molar-refractivity contribution in [2.24, 2.45) is 0 Å². The highest BCUT2D eigenvalue weighted by Crippen LogP contribution is 2.35. The number of ether oxygens (including phenoxy) is 1. The summed E-state index contributed by atoms with van der Waals surface area (Å²) in [6, 6.07) is 3.65. The SMILES string of the molecule is CCOC1(C(=O)Cc2c(F)cccc2F)CCCC1. The Kier molecular flexibility index (Phi) is 4.30. The second-order valence-electron chi connectivity index (χ2n) is 4.93. The third kappa shape index (κ3) is 2.84. The van der Waals surface area contributed by atoms with E-state index in [0.717, 1.165) is 12.8 Å². The molecule has 1 aliphatic carbocycles. The summed E-state index contributed by atoms with van der Waals surface area (Å²) in [5, 5.41) is 0. The Hall–Kier alpha value is -1.29. The number of carbonyl (C=O) groups excluding carboxylic acids is 1. The lowest BCUT2D eigenvalue weighted by Gasteiger charge is -2.27. The highest BCUT2D eigenvalue weighted by molar-refractivity contribution is 5.89. The Morgan fingerprint density at radius 3 is 2.37 bits per heavy atom. The number of carbonyl (C=O) groups is 1. The number of benzene rings is 1. The molecule has 19 heavy (non-hydrogen) atoms. The average molecular weight is 268 g/mol. The number of rotatable bonds is 5. The molecule has 0 N–H and O–H groups in total. The molecule has 2 nitrogen and oxygen atoms in total. The predicted molar refractivity (Wildman–Crippen MR) is 67.9 cm³/mol. The zero-order valence-corrected chi connectivity index (χ0v) is 11.0. The molecule has 1 saturated carbocycles. The summed E-state index contributed by atoms with van der Waals surface area (Å²) in [7, 11) is 0. The molecular formula is C15H18F2O2. The molecule has 1 aliphatic rings. The van der Waals surface area contributed by atoms with Crippen LogP contribution in [0.15, 0.2) is 18.2 Å². The zero-order chi connectivity index (χ0) is 13.9. The quantitative estimate of drug-likeness (QED) is 0.818. The van der Waals surface area contributed by atoms with Crippen LogP contribution in [0.5, 0.6) is 0 Å². The number of Topliss-reactive ketones (excluding diaryl/α,β-unsaturated/α-hetero) is 1. The van der Waals surface area contributed by atoms with Crippen molar-refractivity contribution < 1.29 is 18.3 Å². The number of hydrogen-bond donors (Lipinski definition) is 0. The summed E-state index contributed by atoms with van der Waals surface area (Å²) in [5.74, 6) is -1.55. The van der Waals surface area contributed by atoms with E-state index in [-0.39, 0.29) is 17.8 Å². The van der Waals surface area contributed by atoms with E-state index in [1.807, 2.05) is 6.92 Å². The first-order chi connectivity index (χ1) is 9.09. The largest absolute Gasteiger partial charge is 0.367 e. The summed E-state index contributed by atoms with van der Waals surface area (Å²) in [4.78, 5) is 12.4. The van der Waals surface area contributed by atoms with E-state index in [2.05, 4.69) is 0 Å². The first-order valence-electron chi connectivity index (χ1n) is 6.69. The van der Waals surface area contributed by atoms with Crippen molar-refractivity contribution in [1.29, 1.82) is 0 Å². The number of halogens is 2. The summed E-state index contributed by atoms with van der Waals surface area (Å²) in [5.41, 5.74) is -0.984. The topological polar surface area (TPSA) is 26.3 Å². The van der Waals surface area contributed by atoms with Crippen LogP contribution in [0.2, 0.25) is 0 Å². The van der Waals surface area contributed by atoms with Crippen molar-refractivity contribution in [3.8, 4) is 0 Å². The second-order valence-corrected chi connectivity index (χ2v) is 4.93. The van der Waals surface area contributed by atoms with E-state index in [1.54, 1.807) is 0 Å². The first kappa shape index (κ1) is 14.1. The Bertz CT molecular complexity index is 445. The number of hydrogen-bond acceptors (Lipinski definition) is 2. The monoisotopic (exact) mass is 268 g/mol. The smallest absolute Gasteiger partial charge is 0.169 e. The highest BCUT2D eigenvalue weighted by atomic mass is 19.1.